The second kappa shape index (κ2) is 5.89. The number of thiazole rings is 1. The topological polar surface area (TPSA) is 24.9 Å². The quantitative estimate of drug-likeness (QED) is 0.732. The molecule has 0 bridgehead atoms. The van der Waals surface area contributed by atoms with Crippen LogP contribution < -0.4 is 5.32 Å². The normalized spacial score (nSPS) is 12.0. The highest BCUT2D eigenvalue weighted by Crippen LogP contribution is 2.10. The van der Waals surface area contributed by atoms with Crippen LogP contribution in [-0.4, -0.2) is 18.1 Å². The molecule has 0 saturated carbocycles. The maximum absolute atomic E-state index is 4.03. The third-order valence-corrected chi connectivity index (χ3v) is 2.39. The van der Waals surface area contributed by atoms with Gasteiger partial charge in [-0.1, -0.05) is 12.5 Å². The summed E-state index contributed by atoms with van der Waals surface area (Å²) in [6.07, 6.45) is 5.27. The van der Waals surface area contributed by atoms with E-state index in [9.17, 15) is 0 Å². The predicted octanol–water partition coefficient (Wildman–Crippen LogP) is 2.55. The molecule has 0 unspecified atom stereocenters. The molecule has 0 aliphatic heterocycles. The lowest BCUT2D eigenvalue weighted by Crippen LogP contribution is -2.16. The Balaban J connectivity index is 2.34. The molecule has 1 N–H and O–H groups in total. The fourth-order valence-corrected chi connectivity index (χ4v) is 1.69. The molecular formula is C10H16N2S. The third kappa shape index (κ3) is 4.20. The van der Waals surface area contributed by atoms with Crippen molar-refractivity contribution in [1.29, 1.82) is 0 Å². The molecule has 0 radical (unpaired) electrons. The number of nitrogens with zero attached hydrogens (tertiary/aromatic N) is 1. The van der Waals surface area contributed by atoms with Crippen LogP contribution >= 0.6 is 11.3 Å². The van der Waals surface area contributed by atoms with E-state index in [2.05, 4.69) is 30.2 Å². The Kier molecular flexibility index (Phi) is 4.72. The molecule has 0 fully saturated rings. The van der Waals surface area contributed by atoms with E-state index in [0.717, 1.165) is 13.1 Å². The first-order valence-electron chi connectivity index (χ1n) is 4.59. The van der Waals surface area contributed by atoms with Gasteiger partial charge in [0.25, 0.3) is 0 Å². The van der Waals surface area contributed by atoms with Crippen molar-refractivity contribution in [3.8, 4) is 0 Å². The van der Waals surface area contributed by atoms with Gasteiger partial charge in [-0.3, -0.25) is 4.98 Å². The first kappa shape index (κ1) is 10.4. The molecule has 3 heteroatoms. The first-order chi connectivity index (χ1) is 6.33. The number of hydrogen-bond acceptors (Lipinski definition) is 3. The van der Waals surface area contributed by atoms with E-state index in [4.69, 9.17) is 0 Å². The molecule has 72 valence electrons. The fourth-order valence-electron chi connectivity index (χ4n) is 1.05. The lowest BCUT2D eigenvalue weighted by atomic mass is 10.2. The van der Waals surface area contributed by atoms with Gasteiger partial charge in [0.05, 0.1) is 5.51 Å². The van der Waals surface area contributed by atoms with Gasteiger partial charge in [-0.15, -0.1) is 11.3 Å². The van der Waals surface area contributed by atoms with Crippen molar-refractivity contribution < 1.29 is 0 Å². The Morgan fingerprint density at radius 3 is 3.15 bits per heavy atom. The van der Waals surface area contributed by atoms with Crippen LogP contribution in [0.5, 0.6) is 0 Å². The minimum Gasteiger partial charge on any atom is -0.313 e. The van der Waals surface area contributed by atoms with Crippen molar-refractivity contribution in [3.05, 3.63) is 22.2 Å². The minimum atomic E-state index is 0.978. The molecule has 0 aliphatic rings. The Morgan fingerprint density at radius 1 is 1.69 bits per heavy atom. The summed E-state index contributed by atoms with van der Waals surface area (Å²) in [7, 11) is 0. The van der Waals surface area contributed by atoms with E-state index in [1.807, 2.05) is 11.7 Å². The van der Waals surface area contributed by atoms with E-state index in [1.165, 1.54) is 16.9 Å². The highest BCUT2D eigenvalue weighted by molar-refractivity contribution is 7.10. The number of hydrogen-bond donors (Lipinski definition) is 1. The fraction of sp³-hybridized carbons (Fsp3) is 0.500. The van der Waals surface area contributed by atoms with Crippen molar-refractivity contribution in [2.24, 2.45) is 0 Å². The molecule has 1 rings (SSSR count). The summed E-state index contributed by atoms with van der Waals surface area (Å²) in [6, 6.07) is 0. The van der Waals surface area contributed by atoms with Crippen molar-refractivity contribution >= 4 is 17.4 Å². The molecule has 1 heterocycles. The van der Waals surface area contributed by atoms with Crippen LogP contribution in [0.3, 0.4) is 0 Å². The SMILES string of the molecule is CCCNCC(C)=Cc1cncs1. The summed E-state index contributed by atoms with van der Waals surface area (Å²) >= 11 is 1.68. The largest absolute Gasteiger partial charge is 0.313 e. The Hall–Kier alpha value is -0.670. The van der Waals surface area contributed by atoms with Gasteiger partial charge in [-0.25, -0.2) is 0 Å². The van der Waals surface area contributed by atoms with Crippen molar-refractivity contribution in [3.63, 3.8) is 0 Å². The standard InChI is InChI=1S/C10H16N2S/c1-3-4-11-6-9(2)5-10-7-12-8-13-10/h5,7-8,11H,3-4,6H2,1-2H3. The summed E-state index contributed by atoms with van der Waals surface area (Å²) in [5.74, 6) is 0. The van der Waals surface area contributed by atoms with Gasteiger partial charge >= 0.3 is 0 Å². The average molecular weight is 196 g/mol. The summed E-state index contributed by atoms with van der Waals surface area (Å²) in [4.78, 5) is 5.26. The maximum Gasteiger partial charge on any atom is 0.0797 e. The van der Waals surface area contributed by atoms with Gasteiger partial charge in [-0.2, -0.15) is 0 Å². The average Bonchev–Trinajstić information content (AvgIpc) is 2.57. The molecule has 0 atom stereocenters. The highest BCUT2D eigenvalue weighted by Gasteiger charge is 1.92. The van der Waals surface area contributed by atoms with Gasteiger partial charge < -0.3 is 5.32 Å². The van der Waals surface area contributed by atoms with E-state index in [0.29, 0.717) is 0 Å². The van der Waals surface area contributed by atoms with Crippen molar-refractivity contribution in [2.75, 3.05) is 13.1 Å². The maximum atomic E-state index is 4.03. The molecule has 0 amide bonds. The molecule has 0 spiro atoms. The molecule has 0 aromatic carbocycles. The van der Waals surface area contributed by atoms with Crippen molar-refractivity contribution in [2.45, 2.75) is 20.3 Å². The van der Waals surface area contributed by atoms with E-state index >= 15 is 0 Å². The zero-order valence-corrected chi connectivity index (χ0v) is 9.03. The summed E-state index contributed by atoms with van der Waals surface area (Å²) in [5, 5.41) is 3.36. The summed E-state index contributed by atoms with van der Waals surface area (Å²) in [5.41, 5.74) is 3.22. The number of nitrogens with one attached hydrogen (secondary N) is 1. The number of rotatable bonds is 5. The molecule has 0 saturated heterocycles. The van der Waals surface area contributed by atoms with Gasteiger partial charge in [0.2, 0.25) is 0 Å². The first-order valence-corrected chi connectivity index (χ1v) is 5.47. The highest BCUT2D eigenvalue weighted by atomic mass is 32.1. The lowest BCUT2D eigenvalue weighted by molar-refractivity contribution is 0.715. The van der Waals surface area contributed by atoms with Gasteiger partial charge in [0.15, 0.2) is 0 Å². The Bertz CT molecular complexity index is 252. The summed E-state index contributed by atoms with van der Waals surface area (Å²) < 4.78 is 0. The lowest BCUT2D eigenvalue weighted by Gasteiger charge is -2.01. The van der Waals surface area contributed by atoms with Crippen LogP contribution in [0.2, 0.25) is 0 Å². The van der Waals surface area contributed by atoms with Crippen LogP contribution in [0.15, 0.2) is 17.3 Å². The van der Waals surface area contributed by atoms with Gasteiger partial charge in [0.1, 0.15) is 0 Å². The van der Waals surface area contributed by atoms with Crippen LogP contribution in [0.4, 0.5) is 0 Å². The van der Waals surface area contributed by atoms with Crippen molar-refractivity contribution in [1.82, 2.24) is 10.3 Å². The Morgan fingerprint density at radius 2 is 2.54 bits per heavy atom. The third-order valence-electron chi connectivity index (χ3n) is 1.67. The molecular weight excluding hydrogens is 180 g/mol. The van der Waals surface area contributed by atoms with E-state index in [-0.39, 0.29) is 0 Å². The molecule has 1 aromatic heterocycles. The van der Waals surface area contributed by atoms with Crippen LogP contribution in [-0.2, 0) is 0 Å². The van der Waals surface area contributed by atoms with Crippen LogP contribution in [0.25, 0.3) is 6.08 Å². The summed E-state index contributed by atoms with van der Waals surface area (Å²) in [6.45, 7) is 6.39. The number of aromatic nitrogens is 1. The molecule has 13 heavy (non-hydrogen) atoms. The van der Waals surface area contributed by atoms with Crippen LogP contribution in [0.1, 0.15) is 25.1 Å². The zero-order valence-electron chi connectivity index (χ0n) is 8.21. The predicted molar refractivity (Wildman–Crippen MR) is 58.9 cm³/mol. The minimum absolute atomic E-state index is 0.978. The molecule has 0 aliphatic carbocycles. The monoisotopic (exact) mass is 196 g/mol. The van der Waals surface area contributed by atoms with E-state index < -0.39 is 0 Å². The molecule has 1 aromatic rings. The van der Waals surface area contributed by atoms with E-state index in [1.54, 1.807) is 11.3 Å². The Labute approximate surface area is 83.7 Å². The molecule has 2 nitrogen and oxygen atoms in total. The van der Waals surface area contributed by atoms with Crippen LogP contribution in [0, 0.1) is 0 Å². The second-order valence-corrected chi connectivity index (χ2v) is 3.99. The second-order valence-electron chi connectivity index (χ2n) is 3.07. The smallest absolute Gasteiger partial charge is 0.0797 e. The van der Waals surface area contributed by atoms with Gasteiger partial charge in [-0.05, 0) is 26.0 Å². The van der Waals surface area contributed by atoms with Gasteiger partial charge in [0, 0.05) is 17.6 Å². The zero-order chi connectivity index (χ0) is 9.52.